The summed E-state index contributed by atoms with van der Waals surface area (Å²) < 4.78 is 4.99. The largest absolute Gasteiger partial charge is 0.481 e. The van der Waals surface area contributed by atoms with E-state index in [1.54, 1.807) is 13.2 Å². The maximum Gasteiger partial charge on any atom is 0.303 e. The van der Waals surface area contributed by atoms with Crippen LogP contribution in [0.4, 0.5) is 0 Å². The van der Waals surface area contributed by atoms with E-state index in [1.165, 1.54) is 0 Å². The third-order valence-electron chi connectivity index (χ3n) is 2.47. The van der Waals surface area contributed by atoms with Gasteiger partial charge in [-0.15, -0.1) is 0 Å². The van der Waals surface area contributed by atoms with Crippen LogP contribution in [0, 0.1) is 0 Å². The zero-order chi connectivity index (χ0) is 12.8. The number of benzene rings is 1. The number of hydrogen-bond acceptors (Lipinski definition) is 3. The van der Waals surface area contributed by atoms with Crippen LogP contribution in [0.2, 0.25) is 5.02 Å². The molecule has 17 heavy (non-hydrogen) atoms. The van der Waals surface area contributed by atoms with E-state index in [1.807, 2.05) is 12.1 Å². The smallest absolute Gasteiger partial charge is 0.303 e. The zero-order valence-corrected chi connectivity index (χ0v) is 10.4. The zero-order valence-electron chi connectivity index (χ0n) is 9.65. The Morgan fingerprint density at radius 1 is 1.59 bits per heavy atom. The van der Waals surface area contributed by atoms with Gasteiger partial charge in [-0.2, -0.15) is 0 Å². The molecule has 0 saturated carbocycles. The van der Waals surface area contributed by atoms with Gasteiger partial charge in [0.1, 0.15) is 0 Å². The number of carboxylic acids is 1. The van der Waals surface area contributed by atoms with Crippen molar-refractivity contribution in [3.8, 4) is 0 Å². The van der Waals surface area contributed by atoms with Crippen LogP contribution in [-0.2, 0) is 16.1 Å². The van der Waals surface area contributed by atoms with Gasteiger partial charge in [0.15, 0.2) is 0 Å². The molecule has 0 spiro atoms. The third kappa shape index (κ3) is 4.34. The molecule has 0 aromatic heterocycles. The average molecular weight is 258 g/mol. The number of carbonyl (C=O) groups is 1. The first-order valence-corrected chi connectivity index (χ1v) is 5.67. The third-order valence-corrected chi connectivity index (χ3v) is 2.83. The van der Waals surface area contributed by atoms with Gasteiger partial charge in [-0.05, 0) is 23.6 Å². The second-order valence-corrected chi connectivity index (χ2v) is 4.23. The normalized spacial score (nSPS) is 12.4. The van der Waals surface area contributed by atoms with Gasteiger partial charge >= 0.3 is 5.97 Å². The van der Waals surface area contributed by atoms with Gasteiger partial charge in [0.05, 0.1) is 6.61 Å². The summed E-state index contributed by atoms with van der Waals surface area (Å²) in [5, 5.41) is 9.17. The van der Waals surface area contributed by atoms with Crippen LogP contribution in [0.1, 0.15) is 30.0 Å². The van der Waals surface area contributed by atoms with Crippen LogP contribution < -0.4 is 5.73 Å². The van der Waals surface area contributed by atoms with Crippen LogP contribution in [0.3, 0.4) is 0 Å². The predicted molar refractivity (Wildman–Crippen MR) is 66.0 cm³/mol. The van der Waals surface area contributed by atoms with Crippen molar-refractivity contribution in [1.82, 2.24) is 0 Å². The van der Waals surface area contributed by atoms with E-state index in [9.17, 15) is 4.79 Å². The van der Waals surface area contributed by atoms with Crippen LogP contribution in [0.25, 0.3) is 0 Å². The minimum absolute atomic E-state index is 0.0542. The monoisotopic (exact) mass is 257 g/mol. The van der Waals surface area contributed by atoms with Gasteiger partial charge < -0.3 is 15.6 Å². The van der Waals surface area contributed by atoms with Gasteiger partial charge in [0.25, 0.3) is 0 Å². The van der Waals surface area contributed by atoms with Crippen molar-refractivity contribution in [2.75, 3.05) is 7.11 Å². The Morgan fingerprint density at radius 2 is 2.29 bits per heavy atom. The van der Waals surface area contributed by atoms with Crippen LogP contribution in [0.5, 0.6) is 0 Å². The minimum Gasteiger partial charge on any atom is -0.481 e. The SMILES string of the molecule is COCc1ccc(C(N)CCC(=O)O)cc1Cl. The molecule has 1 unspecified atom stereocenters. The van der Waals surface area contributed by atoms with Crippen molar-refractivity contribution < 1.29 is 14.6 Å². The number of ether oxygens (including phenoxy) is 1. The highest BCUT2D eigenvalue weighted by Crippen LogP contribution is 2.23. The summed E-state index contributed by atoms with van der Waals surface area (Å²) in [5.74, 6) is -0.845. The topological polar surface area (TPSA) is 72.5 Å². The molecule has 0 fully saturated rings. The number of carboxylic acid groups (broad SMARTS) is 1. The second kappa shape index (κ2) is 6.59. The first-order chi connectivity index (χ1) is 8.04. The summed E-state index contributed by atoms with van der Waals surface area (Å²) in [7, 11) is 1.60. The van der Waals surface area contributed by atoms with Gasteiger partial charge in [-0.1, -0.05) is 23.7 Å². The number of aliphatic carboxylic acids is 1. The van der Waals surface area contributed by atoms with E-state index >= 15 is 0 Å². The van der Waals surface area contributed by atoms with Crippen molar-refractivity contribution in [2.45, 2.75) is 25.5 Å². The van der Waals surface area contributed by atoms with Gasteiger partial charge in [-0.3, -0.25) is 4.79 Å². The Balaban J connectivity index is 2.71. The van der Waals surface area contributed by atoms with Crippen molar-refractivity contribution in [3.63, 3.8) is 0 Å². The maximum absolute atomic E-state index is 10.4. The fourth-order valence-electron chi connectivity index (χ4n) is 1.51. The highest BCUT2D eigenvalue weighted by molar-refractivity contribution is 6.31. The van der Waals surface area contributed by atoms with E-state index in [-0.39, 0.29) is 12.5 Å². The molecule has 3 N–H and O–H groups in total. The Labute approximate surface area is 105 Å². The standard InChI is InChI=1S/C12H16ClNO3/c1-17-7-9-3-2-8(6-10(9)13)11(14)4-5-12(15)16/h2-3,6,11H,4-5,7,14H2,1H3,(H,15,16). The molecule has 1 atom stereocenters. The molecule has 4 nitrogen and oxygen atoms in total. The maximum atomic E-state index is 10.4. The fraction of sp³-hybridized carbons (Fsp3) is 0.417. The summed E-state index contributed by atoms with van der Waals surface area (Å²) in [6.45, 7) is 0.448. The number of nitrogens with two attached hydrogens (primary N) is 1. The Kier molecular flexibility index (Phi) is 5.41. The Hall–Kier alpha value is -1.10. The molecule has 1 aromatic rings. The lowest BCUT2D eigenvalue weighted by Gasteiger charge is -2.12. The van der Waals surface area contributed by atoms with Crippen molar-refractivity contribution in [1.29, 1.82) is 0 Å². The Morgan fingerprint density at radius 3 is 2.82 bits per heavy atom. The molecule has 1 aromatic carbocycles. The quantitative estimate of drug-likeness (QED) is 0.821. The van der Waals surface area contributed by atoms with Crippen LogP contribution in [-0.4, -0.2) is 18.2 Å². The highest BCUT2D eigenvalue weighted by Gasteiger charge is 2.10. The number of halogens is 1. The lowest BCUT2D eigenvalue weighted by Crippen LogP contribution is -2.12. The molecule has 0 bridgehead atoms. The summed E-state index contributed by atoms with van der Waals surface area (Å²) >= 11 is 6.06. The lowest BCUT2D eigenvalue weighted by atomic mass is 10.0. The molecule has 0 aliphatic carbocycles. The molecule has 5 heteroatoms. The average Bonchev–Trinajstić information content (AvgIpc) is 2.28. The molecule has 94 valence electrons. The fourth-order valence-corrected chi connectivity index (χ4v) is 1.76. The van der Waals surface area contributed by atoms with Crippen molar-refractivity contribution in [3.05, 3.63) is 34.3 Å². The molecule has 0 amide bonds. The molecule has 0 heterocycles. The van der Waals surface area contributed by atoms with E-state index in [2.05, 4.69) is 0 Å². The van der Waals surface area contributed by atoms with E-state index < -0.39 is 5.97 Å². The molecule has 0 radical (unpaired) electrons. The number of methoxy groups -OCH3 is 1. The number of hydrogen-bond donors (Lipinski definition) is 2. The van der Waals surface area contributed by atoms with E-state index in [4.69, 9.17) is 27.2 Å². The van der Waals surface area contributed by atoms with Crippen molar-refractivity contribution >= 4 is 17.6 Å². The van der Waals surface area contributed by atoms with E-state index in [0.29, 0.717) is 18.1 Å². The summed E-state index contributed by atoms with van der Waals surface area (Å²) in [4.78, 5) is 10.4. The van der Waals surface area contributed by atoms with Gasteiger partial charge in [-0.25, -0.2) is 0 Å². The molecule has 0 aliphatic rings. The molecule has 0 aliphatic heterocycles. The molecule has 1 rings (SSSR count). The summed E-state index contributed by atoms with van der Waals surface area (Å²) in [6, 6.07) is 5.16. The van der Waals surface area contributed by atoms with E-state index in [0.717, 1.165) is 11.1 Å². The van der Waals surface area contributed by atoms with Gasteiger partial charge in [0, 0.05) is 24.6 Å². The second-order valence-electron chi connectivity index (χ2n) is 3.82. The van der Waals surface area contributed by atoms with Gasteiger partial charge in [0.2, 0.25) is 0 Å². The van der Waals surface area contributed by atoms with Crippen LogP contribution >= 0.6 is 11.6 Å². The highest BCUT2D eigenvalue weighted by atomic mass is 35.5. The van der Waals surface area contributed by atoms with Crippen molar-refractivity contribution in [2.24, 2.45) is 5.73 Å². The first kappa shape index (κ1) is 14.0. The molecule has 0 saturated heterocycles. The number of rotatable bonds is 6. The lowest BCUT2D eigenvalue weighted by molar-refractivity contribution is -0.137. The first-order valence-electron chi connectivity index (χ1n) is 5.29. The summed E-state index contributed by atoms with van der Waals surface area (Å²) in [6.07, 6.45) is 0.452. The summed E-state index contributed by atoms with van der Waals surface area (Å²) in [5.41, 5.74) is 7.62. The predicted octanol–water partition coefficient (Wildman–Crippen LogP) is 2.35. The Bertz CT molecular complexity index is 395. The molecular formula is C12H16ClNO3. The molecular weight excluding hydrogens is 242 g/mol. The van der Waals surface area contributed by atoms with Crippen LogP contribution in [0.15, 0.2) is 18.2 Å². The minimum atomic E-state index is -0.845.